The van der Waals surface area contributed by atoms with Crippen molar-refractivity contribution in [3.05, 3.63) is 24.3 Å². The number of aliphatic hydroxyl groups excluding tert-OH is 7. The molecule has 0 aromatic carbocycles. The maximum atomic E-state index is 12.8. The van der Waals surface area contributed by atoms with Gasteiger partial charge >= 0.3 is 11.9 Å². The Labute approximate surface area is 345 Å². The predicted molar refractivity (Wildman–Crippen MR) is 215 cm³/mol. The normalized spacial score (nSPS) is 28.3. The molecule has 2 aliphatic rings. The topological polar surface area (TPSA) is 231 Å². The van der Waals surface area contributed by atoms with Crippen LogP contribution < -0.4 is 0 Å². The first-order valence-corrected chi connectivity index (χ1v) is 21.9. The number of esters is 2. The van der Waals surface area contributed by atoms with Gasteiger partial charge in [0, 0.05) is 12.8 Å². The zero-order valence-electron chi connectivity index (χ0n) is 35.0. The lowest BCUT2D eigenvalue weighted by Crippen LogP contribution is -2.61. The summed E-state index contributed by atoms with van der Waals surface area (Å²) in [6.45, 7) is 2.40. The van der Waals surface area contributed by atoms with Crippen molar-refractivity contribution in [2.45, 2.75) is 210 Å². The number of carbonyl (C=O) groups excluding carboxylic acids is 2. The minimum atomic E-state index is -1.76. The molecule has 0 amide bonds. The molecule has 7 N–H and O–H groups in total. The smallest absolute Gasteiger partial charge is 0.306 e. The van der Waals surface area contributed by atoms with E-state index in [0.717, 1.165) is 64.2 Å². The van der Waals surface area contributed by atoms with E-state index in [4.69, 9.17) is 28.4 Å². The molecule has 2 aliphatic heterocycles. The van der Waals surface area contributed by atoms with E-state index in [1.165, 1.54) is 38.5 Å². The average molecular weight is 833 g/mol. The Morgan fingerprint density at radius 2 is 1.03 bits per heavy atom. The number of carbonyl (C=O) groups is 2. The molecule has 0 bridgehead atoms. The van der Waals surface area contributed by atoms with Gasteiger partial charge in [0.25, 0.3) is 0 Å². The third-order valence-corrected chi connectivity index (χ3v) is 10.4. The molecule has 0 aromatic rings. The van der Waals surface area contributed by atoms with Crippen molar-refractivity contribution >= 4 is 11.9 Å². The van der Waals surface area contributed by atoms with E-state index in [9.17, 15) is 45.3 Å². The molecule has 2 fully saturated rings. The minimum absolute atomic E-state index is 0.157. The van der Waals surface area contributed by atoms with Crippen LogP contribution in [0.25, 0.3) is 0 Å². The Hall–Kier alpha value is -2.02. The van der Waals surface area contributed by atoms with Crippen LogP contribution in [-0.4, -0.2) is 142 Å². The van der Waals surface area contributed by atoms with E-state index < -0.39 is 92.7 Å². The molecule has 0 radical (unpaired) electrons. The summed E-state index contributed by atoms with van der Waals surface area (Å²) < 4.78 is 33.2. The Morgan fingerprint density at radius 3 is 1.62 bits per heavy atom. The Balaban J connectivity index is 1.79. The quantitative estimate of drug-likeness (QED) is 0.0288. The van der Waals surface area contributed by atoms with Gasteiger partial charge in [-0.05, 0) is 44.9 Å². The Bertz CT molecular complexity index is 1120. The van der Waals surface area contributed by atoms with Crippen LogP contribution in [0.2, 0.25) is 0 Å². The fraction of sp³-hybridized carbons (Fsp3) is 0.860. The molecular formula is C43H76O15. The van der Waals surface area contributed by atoms with Crippen molar-refractivity contribution in [1.82, 2.24) is 0 Å². The number of allylic oxidation sites excluding steroid dienone is 4. The maximum absolute atomic E-state index is 12.8. The second-order valence-corrected chi connectivity index (χ2v) is 15.5. The lowest BCUT2D eigenvalue weighted by atomic mass is 9.98. The molecule has 0 spiro atoms. The largest absolute Gasteiger partial charge is 0.462 e. The molecule has 11 atom stereocenters. The van der Waals surface area contributed by atoms with E-state index in [1.54, 1.807) is 0 Å². The number of aliphatic hydroxyl groups is 7. The van der Waals surface area contributed by atoms with Gasteiger partial charge in [0.05, 0.1) is 19.8 Å². The summed E-state index contributed by atoms with van der Waals surface area (Å²) in [5.74, 6) is -0.955. The monoisotopic (exact) mass is 833 g/mol. The molecule has 0 saturated carbocycles. The third-order valence-electron chi connectivity index (χ3n) is 10.4. The van der Waals surface area contributed by atoms with Crippen LogP contribution in [0.4, 0.5) is 0 Å². The summed E-state index contributed by atoms with van der Waals surface area (Å²) in [4.78, 5) is 25.3. The van der Waals surface area contributed by atoms with Crippen LogP contribution in [0, 0.1) is 0 Å². The summed E-state index contributed by atoms with van der Waals surface area (Å²) in [5, 5.41) is 71.5. The lowest BCUT2D eigenvalue weighted by molar-refractivity contribution is -0.332. The van der Waals surface area contributed by atoms with Gasteiger partial charge in [0.15, 0.2) is 18.7 Å². The molecule has 15 heteroatoms. The van der Waals surface area contributed by atoms with Crippen molar-refractivity contribution < 1.29 is 73.8 Å². The van der Waals surface area contributed by atoms with Crippen LogP contribution in [0.3, 0.4) is 0 Å². The number of rotatable bonds is 32. The predicted octanol–water partition coefficient (Wildman–Crippen LogP) is 4.04. The highest BCUT2D eigenvalue weighted by Gasteiger charge is 2.47. The van der Waals surface area contributed by atoms with E-state index >= 15 is 0 Å². The third kappa shape index (κ3) is 21.0. The molecule has 11 unspecified atom stereocenters. The summed E-state index contributed by atoms with van der Waals surface area (Å²) in [5.41, 5.74) is 0. The maximum Gasteiger partial charge on any atom is 0.306 e. The summed E-state index contributed by atoms with van der Waals surface area (Å²) in [6.07, 6.45) is 11.6. The number of unbranched alkanes of at least 4 members (excludes halogenated alkanes) is 14. The van der Waals surface area contributed by atoms with E-state index in [2.05, 4.69) is 38.2 Å². The van der Waals surface area contributed by atoms with Gasteiger partial charge in [0.1, 0.15) is 55.4 Å². The Kier molecular flexibility index (Phi) is 28.6. The van der Waals surface area contributed by atoms with Crippen LogP contribution in [0.1, 0.15) is 142 Å². The van der Waals surface area contributed by atoms with Crippen LogP contribution in [0.5, 0.6) is 0 Å². The minimum Gasteiger partial charge on any atom is -0.462 e. The summed E-state index contributed by atoms with van der Waals surface area (Å²) in [7, 11) is 0. The molecule has 338 valence electrons. The van der Waals surface area contributed by atoms with Crippen molar-refractivity contribution in [3.63, 3.8) is 0 Å². The molecule has 15 nitrogen and oxygen atoms in total. The van der Waals surface area contributed by atoms with Crippen molar-refractivity contribution in [2.24, 2.45) is 0 Å². The number of ether oxygens (including phenoxy) is 6. The number of hydrogen-bond acceptors (Lipinski definition) is 15. The zero-order chi connectivity index (χ0) is 42.5. The highest BCUT2D eigenvalue weighted by molar-refractivity contribution is 5.70. The first-order valence-electron chi connectivity index (χ1n) is 21.9. The van der Waals surface area contributed by atoms with Gasteiger partial charge in [-0.3, -0.25) is 9.59 Å². The average Bonchev–Trinajstić information content (AvgIpc) is 3.22. The first kappa shape index (κ1) is 52.1. The molecular weight excluding hydrogens is 756 g/mol. The zero-order valence-corrected chi connectivity index (χ0v) is 35.0. The standard InChI is InChI=1S/C43H76O15/c1-3-5-7-9-10-11-12-13-14-15-16-17-18-19-20-21-22-24-26-35(46)56-31(28-53-34(45)25-23-8-6-4-2)29-54-42-41(52)39(50)37(48)33(58-42)30-55-43-40(51)38(49)36(47)32(27-44)57-43/h11-12,14-15,31-33,36-44,47-52H,3-10,13,16-30H2,1-2H3/b12-11-,15-14-. The van der Waals surface area contributed by atoms with E-state index in [-0.39, 0.29) is 26.1 Å². The van der Waals surface area contributed by atoms with Gasteiger partial charge in [-0.25, -0.2) is 0 Å². The van der Waals surface area contributed by atoms with Crippen molar-refractivity contribution in [3.8, 4) is 0 Å². The second kappa shape index (κ2) is 31.8. The van der Waals surface area contributed by atoms with Crippen LogP contribution >= 0.6 is 0 Å². The van der Waals surface area contributed by atoms with Gasteiger partial charge in [-0.2, -0.15) is 0 Å². The van der Waals surface area contributed by atoms with E-state index in [1.807, 2.05) is 0 Å². The molecule has 2 rings (SSSR count). The SMILES string of the molecule is CCCCCC/C=C\C/C=C\CCCCCCCCCC(=O)OC(COC(=O)CCCCCC)COC1OC(COC2OC(CO)C(O)C(O)C2O)C(O)C(O)C1O. The lowest BCUT2D eigenvalue weighted by Gasteiger charge is -2.42. The van der Waals surface area contributed by atoms with E-state index in [0.29, 0.717) is 12.8 Å². The summed E-state index contributed by atoms with van der Waals surface area (Å²) >= 11 is 0. The molecule has 2 heterocycles. The molecule has 0 aromatic heterocycles. The van der Waals surface area contributed by atoms with Crippen molar-refractivity contribution in [2.75, 3.05) is 26.4 Å². The molecule has 58 heavy (non-hydrogen) atoms. The molecule has 0 aliphatic carbocycles. The van der Waals surface area contributed by atoms with Crippen LogP contribution in [0.15, 0.2) is 24.3 Å². The highest BCUT2D eigenvalue weighted by atomic mass is 16.7. The number of hydrogen-bond donors (Lipinski definition) is 7. The van der Waals surface area contributed by atoms with Gasteiger partial charge in [-0.15, -0.1) is 0 Å². The van der Waals surface area contributed by atoms with Gasteiger partial charge < -0.3 is 64.2 Å². The first-order chi connectivity index (χ1) is 28.0. The van der Waals surface area contributed by atoms with Crippen molar-refractivity contribution in [1.29, 1.82) is 0 Å². The summed E-state index contributed by atoms with van der Waals surface area (Å²) in [6, 6.07) is 0. The molecule has 2 saturated heterocycles. The second-order valence-electron chi connectivity index (χ2n) is 15.5. The fourth-order valence-electron chi connectivity index (χ4n) is 6.72. The fourth-order valence-corrected chi connectivity index (χ4v) is 6.72. The van der Waals surface area contributed by atoms with Gasteiger partial charge in [-0.1, -0.05) is 109 Å². The highest BCUT2D eigenvalue weighted by Crippen LogP contribution is 2.26. The van der Waals surface area contributed by atoms with Gasteiger partial charge in [0.2, 0.25) is 0 Å². The Morgan fingerprint density at radius 1 is 0.552 bits per heavy atom. The van der Waals surface area contributed by atoms with Crippen LogP contribution in [-0.2, 0) is 38.0 Å².